The fourth-order valence-corrected chi connectivity index (χ4v) is 3.37. The molecule has 3 rings (SSSR count). The summed E-state index contributed by atoms with van der Waals surface area (Å²) in [6.07, 6.45) is 4.50. The zero-order valence-corrected chi connectivity index (χ0v) is 12.7. The van der Waals surface area contributed by atoms with Crippen molar-refractivity contribution in [2.45, 2.75) is 50.2 Å². The highest BCUT2D eigenvalue weighted by Gasteiger charge is 2.23. The Morgan fingerprint density at radius 2 is 2.33 bits per heavy atom. The Hall–Kier alpha value is -1.18. The number of aromatic nitrogens is 1. The van der Waals surface area contributed by atoms with Gasteiger partial charge in [0.25, 0.3) is 0 Å². The first-order chi connectivity index (χ1) is 10.2. The van der Waals surface area contributed by atoms with Crippen molar-refractivity contribution in [2.75, 3.05) is 18.5 Å². The summed E-state index contributed by atoms with van der Waals surface area (Å²) < 4.78 is 5.49. The molecule has 6 nitrogen and oxygen atoms in total. The molecular formula is C14H21N3O3S. The fourth-order valence-electron chi connectivity index (χ4n) is 2.59. The molecule has 7 heteroatoms. The molecule has 2 fully saturated rings. The van der Waals surface area contributed by atoms with Gasteiger partial charge < -0.3 is 15.2 Å². The van der Waals surface area contributed by atoms with Crippen LogP contribution in [0.15, 0.2) is 5.38 Å². The van der Waals surface area contributed by atoms with E-state index in [1.165, 1.54) is 30.6 Å². The van der Waals surface area contributed by atoms with E-state index in [0.717, 1.165) is 5.69 Å². The number of aliphatic hydroxyl groups excluding tert-OH is 1. The van der Waals surface area contributed by atoms with Crippen molar-refractivity contribution in [3.63, 3.8) is 0 Å². The zero-order chi connectivity index (χ0) is 14.7. The van der Waals surface area contributed by atoms with Gasteiger partial charge in [-0.1, -0.05) is 6.42 Å². The van der Waals surface area contributed by atoms with Gasteiger partial charge in [0.15, 0.2) is 5.13 Å². The van der Waals surface area contributed by atoms with Gasteiger partial charge >= 0.3 is 6.03 Å². The SMILES string of the molecule is O=C(NC[C@@H]1C[C@H](O)CCO1)Nc1nc(C2CCC2)cs1. The molecule has 1 aliphatic heterocycles. The van der Waals surface area contributed by atoms with E-state index < -0.39 is 0 Å². The number of aliphatic hydroxyl groups is 1. The molecule has 0 bridgehead atoms. The molecule has 0 unspecified atom stereocenters. The Balaban J connectivity index is 1.42. The number of carbonyl (C=O) groups excluding carboxylic acids is 1. The second-order valence-electron chi connectivity index (χ2n) is 5.71. The molecular weight excluding hydrogens is 290 g/mol. The van der Waals surface area contributed by atoms with E-state index in [1.807, 2.05) is 5.38 Å². The topological polar surface area (TPSA) is 83.5 Å². The molecule has 1 saturated carbocycles. The van der Waals surface area contributed by atoms with Gasteiger partial charge in [-0.2, -0.15) is 0 Å². The predicted octanol–water partition coefficient (Wildman–Crippen LogP) is 2.07. The molecule has 0 radical (unpaired) electrons. The van der Waals surface area contributed by atoms with E-state index in [-0.39, 0.29) is 18.2 Å². The van der Waals surface area contributed by atoms with Gasteiger partial charge in [0, 0.05) is 30.9 Å². The summed E-state index contributed by atoms with van der Waals surface area (Å²) in [6, 6.07) is -0.270. The lowest BCUT2D eigenvalue weighted by molar-refractivity contribution is -0.0405. The van der Waals surface area contributed by atoms with E-state index in [4.69, 9.17) is 4.74 Å². The van der Waals surface area contributed by atoms with Crippen LogP contribution in [0.2, 0.25) is 0 Å². The van der Waals surface area contributed by atoms with Crippen molar-refractivity contribution < 1.29 is 14.6 Å². The minimum atomic E-state index is -0.322. The van der Waals surface area contributed by atoms with Crippen molar-refractivity contribution in [3.8, 4) is 0 Å². The maximum absolute atomic E-state index is 11.8. The monoisotopic (exact) mass is 311 g/mol. The average Bonchev–Trinajstić information content (AvgIpc) is 2.82. The van der Waals surface area contributed by atoms with Gasteiger partial charge in [0.05, 0.1) is 17.9 Å². The lowest BCUT2D eigenvalue weighted by Gasteiger charge is -2.26. The van der Waals surface area contributed by atoms with Crippen molar-refractivity contribution in [1.82, 2.24) is 10.3 Å². The largest absolute Gasteiger partial charge is 0.393 e. The Morgan fingerprint density at radius 1 is 1.48 bits per heavy atom. The lowest BCUT2D eigenvalue weighted by Crippen LogP contribution is -2.40. The molecule has 1 saturated heterocycles. The van der Waals surface area contributed by atoms with E-state index in [0.29, 0.717) is 37.0 Å². The molecule has 2 heterocycles. The number of amides is 2. The number of anilines is 1. The second kappa shape index (κ2) is 6.72. The van der Waals surface area contributed by atoms with Crippen LogP contribution in [0, 0.1) is 0 Å². The maximum Gasteiger partial charge on any atom is 0.321 e. The normalized spacial score (nSPS) is 26.1. The van der Waals surface area contributed by atoms with Crippen LogP contribution in [0.25, 0.3) is 0 Å². The summed E-state index contributed by atoms with van der Waals surface area (Å²) >= 11 is 1.46. The number of hydrogen-bond acceptors (Lipinski definition) is 5. The number of nitrogens with one attached hydrogen (secondary N) is 2. The summed E-state index contributed by atoms with van der Waals surface area (Å²) in [5.41, 5.74) is 1.10. The van der Waals surface area contributed by atoms with Crippen LogP contribution in [-0.2, 0) is 4.74 Å². The van der Waals surface area contributed by atoms with Crippen molar-refractivity contribution in [3.05, 3.63) is 11.1 Å². The fraction of sp³-hybridized carbons (Fsp3) is 0.714. The Labute approximate surface area is 127 Å². The van der Waals surface area contributed by atoms with E-state index in [2.05, 4.69) is 15.6 Å². The predicted molar refractivity (Wildman–Crippen MR) is 80.7 cm³/mol. The van der Waals surface area contributed by atoms with Gasteiger partial charge in [-0.15, -0.1) is 11.3 Å². The van der Waals surface area contributed by atoms with Gasteiger partial charge in [0.2, 0.25) is 0 Å². The van der Waals surface area contributed by atoms with E-state index in [9.17, 15) is 9.90 Å². The zero-order valence-electron chi connectivity index (χ0n) is 11.9. The summed E-state index contributed by atoms with van der Waals surface area (Å²) in [5.74, 6) is 0.581. The molecule has 3 N–H and O–H groups in total. The standard InChI is InChI=1S/C14H21N3O3S/c18-10-4-5-20-11(6-10)7-15-13(19)17-14-16-12(8-21-14)9-2-1-3-9/h8-11,18H,1-7H2,(H2,15,16,17,19)/t10-,11+/m1/s1. The molecule has 0 aromatic carbocycles. The van der Waals surface area contributed by atoms with Crippen molar-refractivity contribution in [2.24, 2.45) is 0 Å². The third-order valence-corrected chi connectivity index (χ3v) is 4.87. The second-order valence-corrected chi connectivity index (χ2v) is 6.57. The number of rotatable bonds is 4. The Morgan fingerprint density at radius 3 is 3.05 bits per heavy atom. The van der Waals surface area contributed by atoms with Crippen LogP contribution in [0.3, 0.4) is 0 Å². The molecule has 1 aromatic rings. The summed E-state index contributed by atoms with van der Waals surface area (Å²) in [4.78, 5) is 16.3. The van der Waals surface area contributed by atoms with Crippen LogP contribution < -0.4 is 10.6 Å². The third kappa shape index (κ3) is 3.93. The number of thiazole rings is 1. The summed E-state index contributed by atoms with van der Waals surface area (Å²) in [7, 11) is 0. The number of urea groups is 1. The van der Waals surface area contributed by atoms with Crippen molar-refractivity contribution in [1.29, 1.82) is 0 Å². The van der Waals surface area contributed by atoms with Crippen LogP contribution in [0.5, 0.6) is 0 Å². The molecule has 21 heavy (non-hydrogen) atoms. The number of nitrogens with zero attached hydrogens (tertiary/aromatic N) is 1. The molecule has 2 atom stereocenters. The van der Waals surface area contributed by atoms with Gasteiger partial charge in [-0.3, -0.25) is 5.32 Å². The molecule has 2 amide bonds. The van der Waals surface area contributed by atoms with Gasteiger partial charge in [-0.05, 0) is 19.3 Å². The highest BCUT2D eigenvalue weighted by Crippen LogP contribution is 2.37. The van der Waals surface area contributed by atoms with Crippen LogP contribution in [0.1, 0.15) is 43.7 Å². The molecule has 2 aliphatic rings. The number of hydrogen-bond donors (Lipinski definition) is 3. The first kappa shape index (κ1) is 14.7. The maximum atomic E-state index is 11.8. The smallest absolute Gasteiger partial charge is 0.321 e. The third-order valence-electron chi connectivity index (χ3n) is 4.10. The van der Waals surface area contributed by atoms with Crippen LogP contribution in [0.4, 0.5) is 9.93 Å². The Kier molecular flexibility index (Phi) is 4.72. The highest BCUT2D eigenvalue weighted by atomic mass is 32.1. The van der Waals surface area contributed by atoms with Gasteiger partial charge in [-0.25, -0.2) is 9.78 Å². The quantitative estimate of drug-likeness (QED) is 0.795. The van der Waals surface area contributed by atoms with Crippen LogP contribution >= 0.6 is 11.3 Å². The van der Waals surface area contributed by atoms with Gasteiger partial charge in [0.1, 0.15) is 0 Å². The molecule has 0 spiro atoms. The number of carbonyl (C=O) groups is 1. The summed E-state index contributed by atoms with van der Waals surface area (Å²) in [5, 5.41) is 17.7. The minimum absolute atomic E-state index is 0.110. The number of ether oxygens (including phenoxy) is 1. The minimum Gasteiger partial charge on any atom is -0.393 e. The first-order valence-electron chi connectivity index (χ1n) is 7.50. The highest BCUT2D eigenvalue weighted by molar-refractivity contribution is 7.13. The van der Waals surface area contributed by atoms with Crippen molar-refractivity contribution >= 4 is 22.5 Å². The average molecular weight is 311 g/mol. The van der Waals surface area contributed by atoms with E-state index >= 15 is 0 Å². The molecule has 1 aliphatic carbocycles. The summed E-state index contributed by atoms with van der Waals surface area (Å²) in [6.45, 7) is 0.954. The van der Waals surface area contributed by atoms with E-state index in [1.54, 1.807) is 0 Å². The molecule has 116 valence electrons. The molecule has 1 aromatic heterocycles. The van der Waals surface area contributed by atoms with Crippen LogP contribution in [-0.4, -0.2) is 41.5 Å². The first-order valence-corrected chi connectivity index (χ1v) is 8.38. The Bertz CT molecular complexity index is 490. The lowest BCUT2D eigenvalue weighted by atomic mass is 9.83.